The maximum absolute atomic E-state index is 6.60. The van der Waals surface area contributed by atoms with Crippen molar-refractivity contribution in [3.63, 3.8) is 0 Å². The molecule has 0 aliphatic heterocycles. The van der Waals surface area contributed by atoms with Crippen LogP contribution >= 0.6 is 0 Å². The highest BCUT2D eigenvalue weighted by molar-refractivity contribution is 6.25. The minimum Gasteiger partial charge on any atom is -0.456 e. The Morgan fingerprint density at radius 3 is 1.28 bits per heavy atom. The number of hydrogen-bond donors (Lipinski definition) is 0. The average molecular weight is 775 g/mol. The summed E-state index contributed by atoms with van der Waals surface area (Å²) in [6.07, 6.45) is 0. The lowest BCUT2D eigenvalue weighted by molar-refractivity contribution is 0.669. The summed E-state index contributed by atoms with van der Waals surface area (Å²) >= 11 is 0. The lowest BCUT2D eigenvalue weighted by Crippen LogP contribution is -1.94. The summed E-state index contributed by atoms with van der Waals surface area (Å²) < 4.78 is 6.60. The van der Waals surface area contributed by atoms with Gasteiger partial charge in [0.15, 0.2) is 0 Å². The van der Waals surface area contributed by atoms with Crippen LogP contribution in [0, 0.1) is 0 Å². The maximum Gasteiger partial charge on any atom is 0.136 e. The molecule has 0 amide bonds. The highest BCUT2D eigenvalue weighted by Crippen LogP contribution is 2.49. The third-order valence-corrected chi connectivity index (χ3v) is 12.5. The molecule has 12 rings (SSSR count). The van der Waals surface area contributed by atoms with Crippen LogP contribution in [0.1, 0.15) is 0 Å². The van der Waals surface area contributed by atoms with E-state index in [4.69, 9.17) is 4.42 Å². The van der Waals surface area contributed by atoms with Gasteiger partial charge < -0.3 is 4.42 Å². The Balaban J connectivity index is 1.15. The molecule has 0 aliphatic carbocycles. The number of para-hydroxylation sites is 1. The van der Waals surface area contributed by atoms with Gasteiger partial charge in [-0.25, -0.2) is 0 Å². The second-order valence-electron chi connectivity index (χ2n) is 15.9. The van der Waals surface area contributed by atoms with E-state index < -0.39 is 0 Å². The van der Waals surface area contributed by atoms with Gasteiger partial charge in [-0.15, -0.1) is 0 Å². The van der Waals surface area contributed by atoms with Crippen molar-refractivity contribution in [3.05, 3.63) is 231 Å². The molecule has 0 unspecified atom stereocenters. The van der Waals surface area contributed by atoms with Crippen LogP contribution in [0.2, 0.25) is 0 Å². The van der Waals surface area contributed by atoms with E-state index in [1.165, 1.54) is 93.5 Å². The normalized spacial score (nSPS) is 11.6. The summed E-state index contributed by atoms with van der Waals surface area (Å²) in [6.45, 7) is 0. The van der Waals surface area contributed by atoms with E-state index in [1.807, 2.05) is 0 Å². The van der Waals surface area contributed by atoms with Crippen molar-refractivity contribution in [1.29, 1.82) is 0 Å². The fourth-order valence-electron chi connectivity index (χ4n) is 9.85. The molecule has 11 aromatic carbocycles. The van der Waals surface area contributed by atoms with E-state index in [0.717, 1.165) is 27.5 Å². The molecule has 0 atom stereocenters. The van der Waals surface area contributed by atoms with Gasteiger partial charge in [0.2, 0.25) is 0 Å². The summed E-state index contributed by atoms with van der Waals surface area (Å²) in [4.78, 5) is 0. The molecular formula is C60H38O. The predicted octanol–water partition coefficient (Wildman–Crippen LogP) is 17.0. The number of fused-ring (bicyclic) bond motifs is 6. The van der Waals surface area contributed by atoms with Crippen molar-refractivity contribution in [2.75, 3.05) is 0 Å². The second kappa shape index (κ2) is 14.4. The molecule has 0 fully saturated rings. The Kier molecular flexibility index (Phi) is 8.25. The van der Waals surface area contributed by atoms with Gasteiger partial charge >= 0.3 is 0 Å². The third-order valence-electron chi connectivity index (χ3n) is 12.5. The molecule has 284 valence electrons. The zero-order valence-corrected chi connectivity index (χ0v) is 33.3. The van der Waals surface area contributed by atoms with Crippen molar-refractivity contribution >= 4 is 54.3 Å². The SMILES string of the molecule is c1ccc(-c2ccc(-c3c(-c4ccc(-c5c6ccccc6c(-c6ccccc6)c6ccccc56)c5ccccc45)ccc4oc5ccccc5c34)cc2-c2ccccc2)cc1. The first-order valence-corrected chi connectivity index (χ1v) is 21.0. The third kappa shape index (κ3) is 5.70. The second-order valence-corrected chi connectivity index (χ2v) is 15.9. The van der Waals surface area contributed by atoms with Crippen LogP contribution in [0.15, 0.2) is 235 Å². The van der Waals surface area contributed by atoms with Gasteiger partial charge in [0.1, 0.15) is 11.2 Å². The van der Waals surface area contributed by atoms with Gasteiger partial charge in [-0.05, 0) is 118 Å². The van der Waals surface area contributed by atoms with Gasteiger partial charge in [-0.3, -0.25) is 0 Å². The minimum absolute atomic E-state index is 0.880. The van der Waals surface area contributed by atoms with Crippen LogP contribution in [0.3, 0.4) is 0 Å². The molecule has 0 saturated carbocycles. The van der Waals surface area contributed by atoms with Gasteiger partial charge in [-0.1, -0.05) is 206 Å². The Morgan fingerprint density at radius 2 is 0.656 bits per heavy atom. The molecule has 12 aromatic rings. The first-order chi connectivity index (χ1) is 30.3. The molecular weight excluding hydrogens is 737 g/mol. The Hall–Kier alpha value is -8.00. The van der Waals surface area contributed by atoms with E-state index in [2.05, 4.69) is 231 Å². The molecule has 0 radical (unpaired) electrons. The number of benzene rings is 11. The number of furan rings is 1. The Labute approximate surface area is 354 Å². The molecule has 0 N–H and O–H groups in total. The summed E-state index contributed by atoms with van der Waals surface area (Å²) in [6, 6.07) is 83.7. The number of rotatable bonds is 6. The van der Waals surface area contributed by atoms with Crippen LogP contribution in [0.4, 0.5) is 0 Å². The fourth-order valence-corrected chi connectivity index (χ4v) is 9.85. The van der Waals surface area contributed by atoms with Gasteiger partial charge in [0.25, 0.3) is 0 Å². The molecule has 1 heteroatoms. The molecule has 61 heavy (non-hydrogen) atoms. The van der Waals surface area contributed by atoms with Crippen LogP contribution in [-0.4, -0.2) is 0 Å². The van der Waals surface area contributed by atoms with Crippen molar-refractivity contribution in [1.82, 2.24) is 0 Å². The largest absolute Gasteiger partial charge is 0.456 e. The fraction of sp³-hybridized carbons (Fsp3) is 0. The van der Waals surface area contributed by atoms with E-state index in [-0.39, 0.29) is 0 Å². The van der Waals surface area contributed by atoms with Crippen molar-refractivity contribution in [3.8, 4) is 66.8 Å². The molecule has 1 heterocycles. The van der Waals surface area contributed by atoms with E-state index in [9.17, 15) is 0 Å². The lowest BCUT2D eigenvalue weighted by atomic mass is 9.82. The summed E-state index contributed by atoms with van der Waals surface area (Å²) in [5, 5.41) is 9.66. The monoisotopic (exact) mass is 774 g/mol. The zero-order chi connectivity index (χ0) is 40.3. The van der Waals surface area contributed by atoms with Crippen LogP contribution < -0.4 is 0 Å². The molecule has 0 spiro atoms. The first kappa shape index (κ1) is 35.0. The van der Waals surface area contributed by atoms with E-state index in [0.29, 0.717) is 0 Å². The summed E-state index contributed by atoms with van der Waals surface area (Å²) in [7, 11) is 0. The highest BCUT2D eigenvalue weighted by Gasteiger charge is 2.23. The predicted molar refractivity (Wildman–Crippen MR) is 259 cm³/mol. The molecule has 1 nitrogen and oxygen atoms in total. The van der Waals surface area contributed by atoms with Gasteiger partial charge in [0.05, 0.1) is 0 Å². The van der Waals surface area contributed by atoms with E-state index >= 15 is 0 Å². The lowest BCUT2D eigenvalue weighted by Gasteiger charge is -2.21. The molecule has 0 bridgehead atoms. The summed E-state index contributed by atoms with van der Waals surface area (Å²) in [5.74, 6) is 0. The van der Waals surface area contributed by atoms with Crippen LogP contribution in [0.25, 0.3) is 121 Å². The number of hydrogen-bond acceptors (Lipinski definition) is 1. The van der Waals surface area contributed by atoms with Gasteiger partial charge in [-0.2, -0.15) is 0 Å². The Morgan fingerprint density at radius 1 is 0.213 bits per heavy atom. The topological polar surface area (TPSA) is 13.1 Å². The minimum atomic E-state index is 0.880. The smallest absolute Gasteiger partial charge is 0.136 e. The standard InChI is InChI=1S/C60H38O/c1-4-18-39(19-5-1)43-33-32-42(38-54(43)40-20-6-2-7-21-40)58-51(36-37-56-60(58)53-30-16-17-31-55(53)61-56)46-34-35-52(45-25-11-10-24-44(45)46)59-49-28-14-12-26-47(49)57(41-22-8-3-9-23-41)48-27-13-15-29-50(48)59/h1-38H. The van der Waals surface area contributed by atoms with Gasteiger partial charge in [0, 0.05) is 16.3 Å². The van der Waals surface area contributed by atoms with Crippen molar-refractivity contribution in [2.24, 2.45) is 0 Å². The van der Waals surface area contributed by atoms with Crippen LogP contribution in [0.5, 0.6) is 0 Å². The van der Waals surface area contributed by atoms with Crippen LogP contribution in [-0.2, 0) is 0 Å². The summed E-state index contributed by atoms with van der Waals surface area (Å²) in [5.41, 5.74) is 16.2. The van der Waals surface area contributed by atoms with Crippen molar-refractivity contribution < 1.29 is 4.42 Å². The van der Waals surface area contributed by atoms with Crippen molar-refractivity contribution in [2.45, 2.75) is 0 Å². The molecule has 0 aliphatic rings. The average Bonchev–Trinajstić information content (AvgIpc) is 3.72. The molecule has 0 saturated heterocycles. The highest BCUT2D eigenvalue weighted by atomic mass is 16.3. The first-order valence-electron chi connectivity index (χ1n) is 21.0. The molecule has 1 aromatic heterocycles. The van der Waals surface area contributed by atoms with E-state index in [1.54, 1.807) is 0 Å². The zero-order valence-electron chi connectivity index (χ0n) is 33.3. The Bertz CT molecular complexity index is 3560. The maximum atomic E-state index is 6.60. The quantitative estimate of drug-likeness (QED) is 0.153.